The highest BCUT2D eigenvalue weighted by atomic mass is 16.1. The summed E-state index contributed by atoms with van der Waals surface area (Å²) in [7, 11) is 1.88. The van der Waals surface area contributed by atoms with Gasteiger partial charge in [0.05, 0.1) is 6.20 Å². The number of aromatic nitrogens is 2. The van der Waals surface area contributed by atoms with Crippen LogP contribution in [0.1, 0.15) is 24.8 Å². The SMILES string of the molecule is CCC1C(C(N)=O)C1c1cnn(C)c1. The average molecular weight is 193 g/mol. The maximum Gasteiger partial charge on any atom is 0.221 e. The molecular formula is C10H15N3O. The van der Waals surface area contributed by atoms with Crippen LogP contribution in [0.3, 0.4) is 0 Å². The van der Waals surface area contributed by atoms with E-state index in [0.717, 1.165) is 12.0 Å². The molecule has 1 amide bonds. The second-order valence-electron chi connectivity index (χ2n) is 3.97. The van der Waals surface area contributed by atoms with E-state index in [0.29, 0.717) is 11.8 Å². The fourth-order valence-corrected chi connectivity index (χ4v) is 2.34. The molecule has 14 heavy (non-hydrogen) atoms. The molecule has 1 heterocycles. The Hall–Kier alpha value is -1.32. The Balaban J connectivity index is 2.17. The first-order valence-corrected chi connectivity index (χ1v) is 4.93. The summed E-state index contributed by atoms with van der Waals surface area (Å²) in [6.07, 6.45) is 4.81. The van der Waals surface area contributed by atoms with Gasteiger partial charge in [-0.05, 0) is 11.5 Å². The van der Waals surface area contributed by atoms with E-state index in [1.807, 2.05) is 19.4 Å². The third-order valence-corrected chi connectivity index (χ3v) is 3.08. The predicted molar refractivity (Wildman–Crippen MR) is 52.4 cm³/mol. The zero-order valence-electron chi connectivity index (χ0n) is 8.47. The maximum atomic E-state index is 11.1. The van der Waals surface area contributed by atoms with E-state index in [1.54, 1.807) is 4.68 Å². The van der Waals surface area contributed by atoms with Crippen molar-refractivity contribution in [1.82, 2.24) is 9.78 Å². The molecule has 1 aromatic rings. The lowest BCUT2D eigenvalue weighted by Crippen LogP contribution is -2.14. The van der Waals surface area contributed by atoms with Crippen molar-refractivity contribution < 1.29 is 4.79 Å². The summed E-state index contributed by atoms with van der Waals surface area (Å²) in [5.74, 6) is 0.595. The molecule has 1 saturated carbocycles. The minimum absolute atomic E-state index is 0.0317. The Morgan fingerprint density at radius 1 is 1.71 bits per heavy atom. The molecule has 2 rings (SSSR count). The lowest BCUT2D eigenvalue weighted by molar-refractivity contribution is -0.119. The number of primary amides is 1. The molecule has 0 aliphatic heterocycles. The predicted octanol–water partition coefficient (Wildman–Crippen LogP) is 0.645. The van der Waals surface area contributed by atoms with E-state index in [1.165, 1.54) is 0 Å². The second kappa shape index (κ2) is 3.12. The van der Waals surface area contributed by atoms with Crippen LogP contribution < -0.4 is 5.73 Å². The maximum absolute atomic E-state index is 11.1. The van der Waals surface area contributed by atoms with Gasteiger partial charge < -0.3 is 5.73 Å². The van der Waals surface area contributed by atoms with Crippen molar-refractivity contribution in [3.63, 3.8) is 0 Å². The zero-order chi connectivity index (χ0) is 10.3. The molecule has 4 nitrogen and oxygen atoms in total. The smallest absolute Gasteiger partial charge is 0.221 e. The summed E-state index contributed by atoms with van der Waals surface area (Å²) in [6.45, 7) is 2.09. The van der Waals surface area contributed by atoms with E-state index in [2.05, 4.69) is 12.0 Å². The molecule has 1 aliphatic carbocycles. The van der Waals surface area contributed by atoms with Crippen molar-refractivity contribution in [1.29, 1.82) is 0 Å². The third kappa shape index (κ3) is 1.31. The van der Waals surface area contributed by atoms with Crippen LogP contribution in [0, 0.1) is 11.8 Å². The number of nitrogens with zero attached hydrogens (tertiary/aromatic N) is 2. The molecule has 3 unspecified atom stereocenters. The monoisotopic (exact) mass is 193 g/mol. The fourth-order valence-electron chi connectivity index (χ4n) is 2.34. The van der Waals surface area contributed by atoms with Gasteiger partial charge in [0.15, 0.2) is 0 Å². The van der Waals surface area contributed by atoms with E-state index < -0.39 is 0 Å². The van der Waals surface area contributed by atoms with E-state index in [9.17, 15) is 4.79 Å². The number of hydrogen-bond donors (Lipinski definition) is 1. The second-order valence-corrected chi connectivity index (χ2v) is 3.97. The Morgan fingerprint density at radius 3 is 2.79 bits per heavy atom. The summed E-state index contributed by atoms with van der Waals surface area (Å²) in [5.41, 5.74) is 6.47. The van der Waals surface area contributed by atoms with Crippen molar-refractivity contribution >= 4 is 5.91 Å². The van der Waals surface area contributed by atoms with Crippen molar-refractivity contribution in [2.24, 2.45) is 24.6 Å². The standard InChI is InChI=1S/C10H15N3O/c1-3-7-8(9(7)10(11)14)6-4-12-13(2)5-6/h4-5,7-9H,3H2,1-2H3,(H2,11,14). The van der Waals surface area contributed by atoms with E-state index in [-0.39, 0.29) is 11.8 Å². The molecule has 0 bridgehead atoms. The van der Waals surface area contributed by atoms with Gasteiger partial charge in [-0.15, -0.1) is 0 Å². The van der Waals surface area contributed by atoms with Crippen LogP contribution in [0.2, 0.25) is 0 Å². The highest BCUT2D eigenvalue weighted by Gasteiger charge is 2.53. The molecule has 1 aromatic heterocycles. The first kappa shape index (κ1) is 9.24. The summed E-state index contributed by atoms with van der Waals surface area (Å²) in [5, 5.41) is 4.10. The van der Waals surface area contributed by atoms with Crippen LogP contribution in [0.5, 0.6) is 0 Å². The number of nitrogens with two attached hydrogens (primary N) is 1. The first-order valence-electron chi connectivity index (χ1n) is 4.93. The van der Waals surface area contributed by atoms with Crippen LogP contribution >= 0.6 is 0 Å². The van der Waals surface area contributed by atoms with Gasteiger partial charge in [0.2, 0.25) is 5.91 Å². The molecule has 1 fully saturated rings. The highest BCUT2D eigenvalue weighted by molar-refractivity contribution is 5.81. The van der Waals surface area contributed by atoms with Gasteiger partial charge in [0.25, 0.3) is 0 Å². The Bertz CT molecular complexity index is 358. The van der Waals surface area contributed by atoms with E-state index >= 15 is 0 Å². The van der Waals surface area contributed by atoms with Crippen LogP contribution in [0.25, 0.3) is 0 Å². The Kier molecular flexibility index (Phi) is 2.06. The van der Waals surface area contributed by atoms with Gasteiger partial charge >= 0.3 is 0 Å². The molecule has 0 radical (unpaired) electrons. The van der Waals surface area contributed by atoms with Crippen molar-refractivity contribution in [2.75, 3.05) is 0 Å². The summed E-state index contributed by atoms with van der Waals surface area (Å²) in [4.78, 5) is 11.1. The van der Waals surface area contributed by atoms with Gasteiger partial charge in [-0.1, -0.05) is 13.3 Å². The van der Waals surface area contributed by atoms with Crippen LogP contribution in [0.15, 0.2) is 12.4 Å². The van der Waals surface area contributed by atoms with Gasteiger partial charge in [0, 0.05) is 25.1 Å². The molecular weight excluding hydrogens is 178 g/mol. The number of rotatable bonds is 3. The number of hydrogen-bond acceptors (Lipinski definition) is 2. The molecule has 76 valence electrons. The van der Waals surface area contributed by atoms with Crippen molar-refractivity contribution in [2.45, 2.75) is 19.3 Å². The lowest BCUT2D eigenvalue weighted by atomic mass is 10.2. The molecule has 1 aliphatic rings. The normalized spacial score (nSPS) is 30.3. The fraction of sp³-hybridized carbons (Fsp3) is 0.600. The summed E-state index contributed by atoms with van der Waals surface area (Å²) >= 11 is 0. The van der Waals surface area contributed by atoms with Crippen molar-refractivity contribution in [3.05, 3.63) is 18.0 Å². The topological polar surface area (TPSA) is 60.9 Å². The Morgan fingerprint density at radius 2 is 2.43 bits per heavy atom. The average Bonchev–Trinajstić information content (AvgIpc) is 2.74. The quantitative estimate of drug-likeness (QED) is 0.766. The number of carbonyl (C=O) groups excluding carboxylic acids is 1. The summed E-state index contributed by atoms with van der Waals surface area (Å²) < 4.78 is 1.76. The van der Waals surface area contributed by atoms with Crippen LogP contribution in [-0.4, -0.2) is 15.7 Å². The van der Waals surface area contributed by atoms with Crippen LogP contribution in [-0.2, 0) is 11.8 Å². The molecule has 2 N–H and O–H groups in total. The van der Waals surface area contributed by atoms with E-state index in [4.69, 9.17) is 5.73 Å². The van der Waals surface area contributed by atoms with Gasteiger partial charge in [-0.2, -0.15) is 5.10 Å². The molecule has 4 heteroatoms. The summed E-state index contributed by atoms with van der Waals surface area (Å²) in [6, 6.07) is 0. The zero-order valence-corrected chi connectivity index (χ0v) is 8.47. The molecule has 3 atom stereocenters. The number of aryl methyl sites for hydroxylation is 1. The molecule has 0 saturated heterocycles. The van der Waals surface area contributed by atoms with Gasteiger partial charge in [-0.25, -0.2) is 0 Å². The lowest BCUT2D eigenvalue weighted by Gasteiger charge is -1.90. The highest BCUT2D eigenvalue weighted by Crippen LogP contribution is 2.55. The molecule has 0 aromatic carbocycles. The number of amides is 1. The van der Waals surface area contributed by atoms with Gasteiger partial charge in [-0.3, -0.25) is 9.48 Å². The molecule has 0 spiro atoms. The van der Waals surface area contributed by atoms with Gasteiger partial charge in [0.1, 0.15) is 0 Å². The minimum Gasteiger partial charge on any atom is -0.369 e. The third-order valence-electron chi connectivity index (χ3n) is 3.08. The van der Waals surface area contributed by atoms with Crippen molar-refractivity contribution in [3.8, 4) is 0 Å². The largest absolute Gasteiger partial charge is 0.369 e. The number of carbonyl (C=O) groups is 1. The first-order chi connectivity index (χ1) is 6.65. The van der Waals surface area contributed by atoms with Crippen LogP contribution in [0.4, 0.5) is 0 Å². The minimum atomic E-state index is -0.175. The Labute approximate surface area is 83.1 Å².